The molecule has 0 heterocycles. The van der Waals surface area contributed by atoms with E-state index in [1.165, 1.54) is 15.6 Å². The van der Waals surface area contributed by atoms with Gasteiger partial charge >= 0.3 is 36.4 Å². The Kier molecular flexibility index (Phi) is 23.0. The Balaban J connectivity index is 1.01. The molecule has 18 heteroatoms. The van der Waals surface area contributed by atoms with E-state index in [9.17, 15) is 28.8 Å². The van der Waals surface area contributed by atoms with E-state index in [0.29, 0.717) is 38.5 Å². The smallest absolute Gasteiger partial charge is 0.428 e. The molecule has 3 aromatic carbocycles. The van der Waals surface area contributed by atoms with Gasteiger partial charge in [0.25, 0.3) is 0 Å². The van der Waals surface area contributed by atoms with Crippen molar-refractivity contribution in [2.75, 3.05) is 0 Å². The van der Waals surface area contributed by atoms with Gasteiger partial charge in [0.1, 0.15) is 42.5 Å². The molecule has 3 aliphatic rings. The van der Waals surface area contributed by atoms with Crippen LogP contribution in [0.4, 0.5) is 14.4 Å². The summed E-state index contributed by atoms with van der Waals surface area (Å²) in [5.74, 6) is -1.31. The van der Waals surface area contributed by atoms with Gasteiger partial charge in [-0.3, -0.25) is 0 Å². The zero-order valence-corrected chi connectivity index (χ0v) is 50.2. The summed E-state index contributed by atoms with van der Waals surface area (Å²) < 4.78 is 17.0. The van der Waals surface area contributed by atoms with E-state index < -0.39 is 78.9 Å². The maximum atomic E-state index is 12.8. The van der Waals surface area contributed by atoms with E-state index in [1.807, 2.05) is 36.4 Å². The van der Waals surface area contributed by atoms with Crippen molar-refractivity contribution in [2.24, 2.45) is 23.7 Å². The second-order valence-corrected chi connectivity index (χ2v) is 35.7. The largest absolute Gasteiger partial charge is 0.550 e. The quantitative estimate of drug-likeness (QED) is 0.0322. The first-order valence-corrected chi connectivity index (χ1v) is 36.1. The highest BCUT2D eigenvalue weighted by molar-refractivity contribution is 6.96. The molecule has 3 saturated carbocycles. The molecule has 79 heavy (non-hydrogen) atoms. The first-order chi connectivity index (χ1) is 38.1. The summed E-state index contributed by atoms with van der Waals surface area (Å²) in [6.45, 7) is 25.1. The van der Waals surface area contributed by atoms with Gasteiger partial charge in [-0.2, -0.15) is 14.4 Å². The van der Waals surface area contributed by atoms with Gasteiger partial charge in [0.05, 0.1) is 16.7 Å². The van der Waals surface area contributed by atoms with Crippen LogP contribution >= 0.6 is 0 Å². The average molecular weight is 1140 g/mol. The van der Waals surface area contributed by atoms with Crippen molar-refractivity contribution in [3.63, 3.8) is 0 Å². The lowest BCUT2D eigenvalue weighted by atomic mass is 9.61. The number of rotatable bonds is 21. The Morgan fingerprint density at radius 1 is 0.380 bits per heavy atom. The van der Waals surface area contributed by atoms with Crippen LogP contribution in [0.2, 0.25) is 36.3 Å². The van der Waals surface area contributed by atoms with Gasteiger partial charge in [-0.15, -0.1) is 19.7 Å². The molecule has 3 aliphatic carbocycles. The van der Waals surface area contributed by atoms with Crippen molar-refractivity contribution in [1.29, 1.82) is 0 Å². The highest BCUT2D eigenvalue weighted by atomic mass is 28.3. The Morgan fingerprint density at radius 3 is 0.785 bits per heavy atom. The Bertz CT molecular complexity index is 2250. The number of benzene rings is 3. The summed E-state index contributed by atoms with van der Waals surface area (Å²) >= 11 is 0. The summed E-state index contributed by atoms with van der Waals surface area (Å²) in [4.78, 5) is 106. The lowest BCUT2D eigenvalue weighted by Crippen LogP contribution is -2.44. The number of carbonyl (C=O) groups is 6. The van der Waals surface area contributed by atoms with Crippen LogP contribution in [0.5, 0.6) is 0 Å². The van der Waals surface area contributed by atoms with Crippen LogP contribution in [0.25, 0.3) is 0 Å². The zero-order chi connectivity index (χ0) is 57.2. The minimum atomic E-state index is -1.87. The third-order valence-electron chi connectivity index (χ3n) is 18.2. The predicted molar refractivity (Wildman–Crippen MR) is 309 cm³/mol. The molecular weight excluding hydrogens is 1060 g/mol. The highest BCUT2D eigenvalue weighted by Gasteiger charge is 2.42. The molecule has 0 aromatic heterocycles. The monoisotopic (exact) mass is 1140 g/mol. The fraction of sp³-hybridized carbons (Fsp3) is 0.508. The molecule has 3 fully saturated rings. The number of carbonyl (C=O) groups excluding carboxylic acids is 6. The van der Waals surface area contributed by atoms with Gasteiger partial charge in [0.2, 0.25) is 0 Å². The van der Waals surface area contributed by atoms with E-state index in [1.54, 1.807) is 36.4 Å². The average Bonchev–Trinajstić information content (AvgIpc) is 3.52. The van der Waals surface area contributed by atoms with Crippen molar-refractivity contribution >= 4 is 76.2 Å². The molecule has 3 aromatic rings. The van der Waals surface area contributed by atoms with Crippen LogP contribution in [-0.2, 0) is 43.5 Å². The topological polar surface area (TPSA) is 185 Å². The van der Waals surface area contributed by atoms with Gasteiger partial charge < -0.3 is 14.2 Å². The maximum absolute atomic E-state index is 12.8. The molecule has 0 bridgehead atoms. The molecule has 0 N–H and O–H groups in total. The van der Waals surface area contributed by atoms with E-state index in [2.05, 4.69) is 78.4 Å². The molecule has 0 unspecified atom stereocenters. The van der Waals surface area contributed by atoms with Crippen molar-refractivity contribution in [3.8, 4) is 0 Å². The van der Waals surface area contributed by atoms with E-state index in [0.717, 1.165) is 74.8 Å². The summed E-state index contributed by atoms with van der Waals surface area (Å²) in [5, 5.41) is 3.50. The number of hydrogen-bond donors (Lipinski definition) is 0. The summed E-state index contributed by atoms with van der Waals surface area (Å²) in [5.41, 5.74) is 6.95. The SMILES string of the molecule is C=C[Si](CC)(CC)c1ccc(C(=O)OOC(=O)OC2CCC(C(C3CCC(OC(=O)OOC(=O)c4ccc([Si](C=C)(CC)CC)cc4)CC3)C3CCC(OC(=O)OOC(=O)c4ccc([Si](C=C)(CC)CC)cc4)CC3)CC2)cc1. The fourth-order valence-electron chi connectivity index (χ4n) is 12.8. The molecule has 0 saturated heterocycles. The van der Waals surface area contributed by atoms with E-state index >= 15 is 0 Å². The third-order valence-corrected chi connectivity index (χ3v) is 32.5. The number of ether oxygens (including phenoxy) is 3. The van der Waals surface area contributed by atoms with E-state index in [4.69, 9.17) is 43.5 Å². The lowest BCUT2D eigenvalue weighted by molar-refractivity contribution is -0.209. The second-order valence-electron chi connectivity index (χ2n) is 21.6. The Morgan fingerprint density at radius 2 is 0.595 bits per heavy atom. The van der Waals surface area contributed by atoms with Gasteiger partial charge in [-0.1, -0.05) is 147 Å². The van der Waals surface area contributed by atoms with Crippen LogP contribution < -0.4 is 15.6 Å². The minimum absolute atomic E-state index is 0.251. The first-order valence-electron chi connectivity index (χ1n) is 28.6. The molecule has 0 spiro atoms. The molecular formula is C61H82O15Si3. The molecule has 0 radical (unpaired) electrons. The predicted octanol–water partition coefficient (Wildman–Crippen LogP) is 13.3. The van der Waals surface area contributed by atoms with Crippen molar-refractivity contribution < 1.29 is 72.3 Å². The first kappa shape index (κ1) is 62.0. The van der Waals surface area contributed by atoms with Crippen LogP contribution in [0.3, 0.4) is 0 Å². The van der Waals surface area contributed by atoms with Crippen LogP contribution in [0.1, 0.15) is 150 Å². The van der Waals surface area contributed by atoms with Crippen LogP contribution in [-0.4, -0.2) is 78.9 Å². The third kappa shape index (κ3) is 15.6. The molecule has 0 aliphatic heterocycles. The molecule has 15 nitrogen and oxygen atoms in total. The van der Waals surface area contributed by atoms with E-state index in [-0.39, 0.29) is 40.4 Å². The van der Waals surface area contributed by atoms with Crippen molar-refractivity contribution in [3.05, 3.63) is 126 Å². The second kappa shape index (κ2) is 29.3. The summed E-state index contributed by atoms with van der Waals surface area (Å²) in [6, 6.07) is 27.5. The van der Waals surface area contributed by atoms with Gasteiger partial charge in [-0.05, 0) is 137 Å². The fourth-order valence-corrected chi connectivity index (χ4v) is 21.6. The minimum Gasteiger partial charge on any atom is -0.428 e. The Labute approximate surface area is 469 Å². The highest BCUT2D eigenvalue weighted by Crippen LogP contribution is 2.48. The molecule has 0 amide bonds. The molecule has 0 atom stereocenters. The van der Waals surface area contributed by atoms with Crippen molar-refractivity contribution in [2.45, 2.75) is 173 Å². The van der Waals surface area contributed by atoms with Crippen molar-refractivity contribution in [1.82, 2.24) is 0 Å². The Hall–Kier alpha value is -6.25. The van der Waals surface area contributed by atoms with Crippen LogP contribution in [0.15, 0.2) is 110 Å². The zero-order valence-electron chi connectivity index (χ0n) is 47.2. The lowest BCUT2D eigenvalue weighted by Gasteiger charge is -2.45. The van der Waals surface area contributed by atoms with Gasteiger partial charge in [0, 0.05) is 0 Å². The van der Waals surface area contributed by atoms with Crippen LogP contribution in [0, 0.1) is 23.7 Å². The molecule has 6 rings (SSSR count). The maximum Gasteiger partial charge on any atom is 0.550 e. The van der Waals surface area contributed by atoms with Gasteiger partial charge in [0.15, 0.2) is 0 Å². The summed E-state index contributed by atoms with van der Waals surface area (Å²) in [6.07, 6.45) is 3.59. The summed E-state index contributed by atoms with van der Waals surface area (Å²) in [7, 11) is -5.60. The standard InChI is InChI=1S/C61H82O15Si3/c1-10-77(11-2,12-3)52-37-25-46(26-38-52)56(62)71-74-59(65)68-49-31-19-43(20-32-49)55(44-21-33-50(34-22-44)69-60(66)75-72-57(63)47-27-39-53(40-28-47)78(13-4,14-5)15-6)45-23-35-51(36-24-45)70-61(67)76-73-58(64)48-29-41-54(42-30-48)79(16-7,17-8)18-9/h10,13,16,25-30,37-45,49-51,55H,1,4,7,11-12,14-15,17-24,31-36H2,2-3,5-6,8-9H3. The number of hydrogen-bond acceptors (Lipinski definition) is 15. The van der Waals surface area contributed by atoms with Gasteiger partial charge in [-0.25, -0.2) is 43.7 Å². The molecule has 428 valence electrons. The normalized spacial score (nSPS) is 20.9.